The fraction of sp³-hybridized carbons (Fsp3) is 0.0233. The van der Waals surface area contributed by atoms with Gasteiger partial charge in [0.15, 0.2) is 0 Å². The minimum atomic E-state index is 0.888. The fourth-order valence-corrected chi connectivity index (χ4v) is 6.32. The molecule has 0 aliphatic heterocycles. The standard InChI is InChI=1S/C43H31NO/c1-29-12-5-6-17-36(29)37-18-7-9-20-41(37)44-35-27-39(43-40(28-35)38-19-8-10-21-42(38)45-43)34-16-11-15-33(26-34)32-24-22-31(23-25-32)30-13-3-2-4-14-30/h2-28,44H,1H3. The average molecular weight is 578 g/mol. The summed E-state index contributed by atoms with van der Waals surface area (Å²) < 4.78 is 6.53. The highest BCUT2D eigenvalue weighted by molar-refractivity contribution is 6.11. The van der Waals surface area contributed by atoms with Gasteiger partial charge >= 0.3 is 0 Å². The summed E-state index contributed by atoms with van der Waals surface area (Å²) in [5.41, 5.74) is 14.5. The fourth-order valence-electron chi connectivity index (χ4n) is 6.32. The third-order valence-electron chi connectivity index (χ3n) is 8.62. The number of hydrogen-bond acceptors (Lipinski definition) is 2. The van der Waals surface area contributed by atoms with Crippen molar-refractivity contribution in [3.05, 3.63) is 169 Å². The summed E-state index contributed by atoms with van der Waals surface area (Å²) in [6.07, 6.45) is 0. The summed E-state index contributed by atoms with van der Waals surface area (Å²) in [5, 5.41) is 5.98. The monoisotopic (exact) mass is 577 g/mol. The van der Waals surface area contributed by atoms with Crippen LogP contribution in [0, 0.1) is 6.92 Å². The largest absolute Gasteiger partial charge is 0.455 e. The van der Waals surface area contributed by atoms with Crippen LogP contribution in [0.1, 0.15) is 5.56 Å². The van der Waals surface area contributed by atoms with Gasteiger partial charge in [-0.1, -0.05) is 133 Å². The van der Waals surface area contributed by atoms with Crippen molar-refractivity contribution in [1.82, 2.24) is 0 Å². The summed E-state index contributed by atoms with van der Waals surface area (Å²) in [7, 11) is 0. The zero-order valence-corrected chi connectivity index (χ0v) is 25.0. The smallest absolute Gasteiger partial charge is 0.143 e. The lowest BCUT2D eigenvalue weighted by Crippen LogP contribution is -1.95. The Labute approximate surface area is 263 Å². The third kappa shape index (κ3) is 5.07. The van der Waals surface area contributed by atoms with E-state index in [1.54, 1.807) is 0 Å². The Kier molecular flexibility index (Phi) is 6.73. The first-order chi connectivity index (χ1) is 22.2. The lowest BCUT2D eigenvalue weighted by Gasteiger charge is -2.15. The molecule has 0 atom stereocenters. The van der Waals surface area contributed by atoms with Crippen LogP contribution >= 0.6 is 0 Å². The van der Waals surface area contributed by atoms with Gasteiger partial charge in [0.1, 0.15) is 11.2 Å². The van der Waals surface area contributed by atoms with Gasteiger partial charge in [-0.15, -0.1) is 0 Å². The maximum absolute atomic E-state index is 6.53. The number of fused-ring (bicyclic) bond motifs is 3. The van der Waals surface area contributed by atoms with E-state index in [9.17, 15) is 0 Å². The van der Waals surface area contributed by atoms with E-state index >= 15 is 0 Å². The van der Waals surface area contributed by atoms with Gasteiger partial charge in [-0.05, 0) is 76.2 Å². The Morgan fingerprint density at radius 1 is 0.422 bits per heavy atom. The molecule has 0 bridgehead atoms. The van der Waals surface area contributed by atoms with Gasteiger partial charge in [0, 0.05) is 33.3 Å². The van der Waals surface area contributed by atoms with Crippen LogP contribution in [0.2, 0.25) is 0 Å². The topological polar surface area (TPSA) is 25.2 Å². The summed E-state index contributed by atoms with van der Waals surface area (Å²) in [5.74, 6) is 0. The molecule has 0 amide bonds. The van der Waals surface area contributed by atoms with Crippen molar-refractivity contribution >= 4 is 33.3 Å². The molecular weight excluding hydrogens is 546 g/mol. The molecule has 0 fully saturated rings. The molecule has 1 heterocycles. The van der Waals surface area contributed by atoms with Crippen LogP contribution in [0.15, 0.2) is 168 Å². The normalized spacial score (nSPS) is 11.2. The Bertz CT molecular complexity index is 2290. The lowest BCUT2D eigenvalue weighted by atomic mass is 9.95. The Morgan fingerprint density at radius 3 is 1.87 bits per heavy atom. The minimum Gasteiger partial charge on any atom is -0.455 e. The lowest BCUT2D eigenvalue weighted by molar-refractivity contribution is 0.670. The average Bonchev–Trinajstić information content (AvgIpc) is 3.48. The van der Waals surface area contributed by atoms with E-state index < -0.39 is 0 Å². The molecule has 0 aliphatic carbocycles. The molecule has 0 saturated heterocycles. The van der Waals surface area contributed by atoms with Gasteiger partial charge < -0.3 is 9.73 Å². The molecule has 45 heavy (non-hydrogen) atoms. The third-order valence-corrected chi connectivity index (χ3v) is 8.62. The Hall–Kier alpha value is -5.86. The molecule has 1 N–H and O–H groups in total. The van der Waals surface area contributed by atoms with Crippen molar-refractivity contribution in [2.75, 3.05) is 5.32 Å². The molecule has 0 saturated carbocycles. The zero-order chi connectivity index (χ0) is 30.2. The first-order valence-corrected chi connectivity index (χ1v) is 15.3. The van der Waals surface area contributed by atoms with Crippen molar-refractivity contribution in [1.29, 1.82) is 0 Å². The molecule has 8 rings (SSSR count). The van der Waals surface area contributed by atoms with E-state index in [4.69, 9.17) is 4.42 Å². The molecule has 0 aliphatic rings. The Morgan fingerprint density at radius 2 is 1.04 bits per heavy atom. The second kappa shape index (κ2) is 11.3. The SMILES string of the molecule is Cc1ccccc1-c1ccccc1Nc1cc(-c2cccc(-c3ccc(-c4ccccc4)cc3)c2)c2oc3ccccc3c2c1. The first-order valence-electron chi connectivity index (χ1n) is 15.3. The van der Waals surface area contributed by atoms with Crippen molar-refractivity contribution in [2.24, 2.45) is 0 Å². The van der Waals surface area contributed by atoms with Gasteiger partial charge in [-0.25, -0.2) is 0 Å². The Balaban J connectivity index is 1.24. The van der Waals surface area contributed by atoms with Gasteiger partial charge in [-0.2, -0.15) is 0 Å². The highest BCUT2D eigenvalue weighted by atomic mass is 16.3. The summed E-state index contributed by atoms with van der Waals surface area (Å²) in [6.45, 7) is 2.16. The van der Waals surface area contributed by atoms with Crippen LogP contribution in [0.5, 0.6) is 0 Å². The number of aryl methyl sites for hydroxylation is 1. The quantitative estimate of drug-likeness (QED) is 0.213. The highest BCUT2D eigenvalue weighted by Crippen LogP contribution is 2.41. The molecule has 8 aromatic rings. The number of rotatable bonds is 6. The van der Waals surface area contributed by atoms with E-state index in [0.29, 0.717) is 0 Å². The number of anilines is 2. The number of furan rings is 1. The van der Waals surface area contributed by atoms with Crippen LogP contribution in [-0.2, 0) is 0 Å². The number of nitrogens with one attached hydrogen (secondary N) is 1. The molecule has 214 valence electrons. The second-order valence-corrected chi connectivity index (χ2v) is 11.5. The maximum Gasteiger partial charge on any atom is 0.143 e. The van der Waals surface area contributed by atoms with Gasteiger partial charge in [0.25, 0.3) is 0 Å². The van der Waals surface area contributed by atoms with E-state index in [0.717, 1.165) is 44.4 Å². The second-order valence-electron chi connectivity index (χ2n) is 11.5. The van der Waals surface area contributed by atoms with Gasteiger partial charge in [0.05, 0.1) is 0 Å². The molecule has 1 aromatic heterocycles. The van der Waals surface area contributed by atoms with E-state index in [-0.39, 0.29) is 0 Å². The molecule has 2 heteroatoms. The molecule has 7 aromatic carbocycles. The summed E-state index contributed by atoms with van der Waals surface area (Å²) in [4.78, 5) is 0. The highest BCUT2D eigenvalue weighted by Gasteiger charge is 2.16. The predicted molar refractivity (Wildman–Crippen MR) is 190 cm³/mol. The van der Waals surface area contributed by atoms with E-state index in [1.807, 2.05) is 12.1 Å². The van der Waals surface area contributed by atoms with Crippen LogP contribution in [-0.4, -0.2) is 0 Å². The summed E-state index contributed by atoms with van der Waals surface area (Å²) in [6, 6.07) is 57.9. The van der Waals surface area contributed by atoms with Crippen LogP contribution in [0.25, 0.3) is 66.4 Å². The van der Waals surface area contributed by atoms with Crippen molar-refractivity contribution in [2.45, 2.75) is 6.92 Å². The van der Waals surface area contributed by atoms with Crippen molar-refractivity contribution in [3.8, 4) is 44.5 Å². The number of para-hydroxylation sites is 2. The van der Waals surface area contributed by atoms with E-state index in [1.165, 1.54) is 38.9 Å². The van der Waals surface area contributed by atoms with Gasteiger partial charge in [-0.3, -0.25) is 0 Å². The number of benzene rings is 7. The predicted octanol–water partition coefficient (Wildman–Crippen LogP) is 12.3. The minimum absolute atomic E-state index is 0.888. The summed E-state index contributed by atoms with van der Waals surface area (Å²) >= 11 is 0. The van der Waals surface area contributed by atoms with E-state index in [2.05, 4.69) is 164 Å². The molecule has 0 spiro atoms. The van der Waals surface area contributed by atoms with Crippen molar-refractivity contribution < 1.29 is 4.42 Å². The molecular formula is C43H31NO. The van der Waals surface area contributed by atoms with Crippen LogP contribution in [0.4, 0.5) is 11.4 Å². The van der Waals surface area contributed by atoms with Crippen molar-refractivity contribution in [3.63, 3.8) is 0 Å². The van der Waals surface area contributed by atoms with Crippen LogP contribution < -0.4 is 5.32 Å². The zero-order valence-electron chi connectivity index (χ0n) is 25.0. The molecule has 0 radical (unpaired) electrons. The van der Waals surface area contributed by atoms with Crippen LogP contribution in [0.3, 0.4) is 0 Å². The number of hydrogen-bond donors (Lipinski definition) is 1. The molecule has 0 unspecified atom stereocenters. The maximum atomic E-state index is 6.53. The molecule has 2 nitrogen and oxygen atoms in total. The first kappa shape index (κ1) is 26.7. The van der Waals surface area contributed by atoms with Gasteiger partial charge in [0.2, 0.25) is 0 Å².